The molecule has 1 heterocycles. The fourth-order valence-corrected chi connectivity index (χ4v) is 2.09. The number of carbonyl (C=O) groups excluding carboxylic acids is 1. The molecule has 2 rings (SSSR count). The van der Waals surface area contributed by atoms with Crippen LogP contribution >= 0.6 is 0 Å². The highest BCUT2D eigenvalue weighted by molar-refractivity contribution is 5.87. The molecule has 1 atom stereocenters. The van der Waals surface area contributed by atoms with Crippen molar-refractivity contribution in [2.45, 2.75) is 39.2 Å². The van der Waals surface area contributed by atoms with E-state index in [1.165, 1.54) is 6.92 Å². The number of benzene rings is 1. The Labute approximate surface area is 134 Å². The first kappa shape index (κ1) is 16.7. The number of rotatable bonds is 6. The third kappa shape index (κ3) is 3.77. The molecule has 0 bridgehead atoms. The normalized spacial score (nSPS) is 13.3. The van der Waals surface area contributed by atoms with Gasteiger partial charge in [-0.2, -0.15) is 0 Å². The molecular formula is C17H20N2O4. The predicted molar refractivity (Wildman–Crippen MR) is 84.9 cm³/mol. The number of nitrogens with one attached hydrogen (secondary N) is 1. The lowest BCUT2D eigenvalue weighted by atomic mass is 9.99. The summed E-state index contributed by atoms with van der Waals surface area (Å²) in [6.45, 7) is 4.93. The van der Waals surface area contributed by atoms with Gasteiger partial charge in [0.2, 0.25) is 11.8 Å². The van der Waals surface area contributed by atoms with Crippen molar-refractivity contribution in [3.05, 3.63) is 41.8 Å². The Hall–Kier alpha value is -2.63. The molecule has 1 amide bonds. The molecule has 23 heavy (non-hydrogen) atoms. The monoisotopic (exact) mass is 316 g/mol. The van der Waals surface area contributed by atoms with Crippen molar-refractivity contribution in [2.75, 3.05) is 0 Å². The minimum absolute atomic E-state index is 0.0228. The number of carboxylic acid groups (broad SMARTS) is 1. The average Bonchev–Trinajstić information content (AvgIpc) is 2.88. The fourth-order valence-electron chi connectivity index (χ4n) is 2.09. The van der Waals surface area contributed by atoms with Crippen LogP contribution in [0.3, 0.4) is 0 Å². The van der Waals surface area contributed by atoms with E-state index in [4.69, 9.17) is 4.42 Å². The summed E-state index contributed by atoms with van der Waals surface area (Å²) < 4.78 is 5.60. The second-order valence-corrected chi connectivity index (χ2v) is 5.60. The topological polar surface area (TPSA) is 92.4 Å². The lowest BCUT2D eigenvalue weighted by molar-refractivity contribution is -0.146. The number of aromatic nitrogens is 1. The van der Waals surface area contributed by atoms with Crippen molar-refractivity contribution in [2.24, 2.45) is 0 Å². The van der Waals surface area contributed by atoms with Crippen LogP contribution in [-0.4, -0.2) is 27.5 Å². The van der Waals surface area contributed by atoms with E-state index in [0.717, 1.165) is 5.56 Å². The highest BCUT2D eigenvalue weighted by Crippen LogP contribution is 2.21. The molecule has 6 heteroatoms. The van der Waals surface area contributed by atoms with Crippen LogP contribution in [0.1, 0.15) is 31.7 Å². The third-order valence-corrected chi connectivity index (χ3v) is 3.84. The van der Waals surface area contributed by atoms with Gasteiger partial charge in [-0.25, -0.2) is 9.78 Å². The number of hydrogen-bond acceptors (Lipinski definition) is 4. The van der Waals surface area contributed by atoms with Gasteiger partial charge in [0.05, 0.1) is 12.1 Å². The van der Waals surface area contributed by atoms with Crippen LogP contribution in [-0.2, 0) is 16.0 Å². The Bertz CT molecular complexity index is 709. The Kier molecular flexibility index (Phi) is 4.83. The molecule has 6 nitrogen and oxygen atoms in total. The summed E-state index contributed by atoms with van der Waals surface area (Å²) in [5.41, 5.74) is 0.0492. The van der Waals surface area contributed by atoms with Gasteiger partial charge in [-0.15, -0.1) is 0 Å². The summed E-state index contributed by atoms with van der Waals surface area (Å²) in [4.78, 5) is 27.7. The maximum atomic E-state index is 12.1. The van der Waals surface area contributed by atoms with Gasteiger partial charge in [0, 0.05) is 5.56 Å². The standard InChI is InChI=1S/C17H20N2O4/c1-4-17(3,16(21)22)19-14(20)10-13-11(2)23-15(18-13)12-8-6-5-7-9-12/h5-9H,4,10H2,1-3H3,(H,19,20)(H,21,22). The number of amides is 1. The van der Waals surface area contributed by atoms with Crippen LogP contribution in [0.5, 0.6) is 0 Å². The van der Waals surface area contributed by atoms with Crippen molar-refractivity contribution >= 4 is 11.9 Å². The molecule has 0 fully saturated rings. The lowest BCUT2D eigenvalue weighted by Crippen LogP contribution is -2.52. The van der Waals surface area contributed by atoms with E-state index in [-0.39, 0.29) is 6.42 Å². The zero-order valence-corrected chi connectivity index (χ0v) is 13.4. The average molecular weight is 316 g/mol. The molecule has 0 aliphatic heterocycles. The molecule has 0 saturated carbocycles. The van der Waals surface area contributed by atoms with E-state index < -0.39 is 17.4 Å². The molecule has 0 aliphatic rings. The Morgan fingerprint density at radius 2 is 1.96 bits per heavy atom. The molecule has 0 spiro atoms. The van der Waals surface area contributed by atoms with Crippen LogP contribution in [0.25, 0.3) is 11.5 Å². The van der Waals surface area contributed by atoms with Gasteiger partial charge in [-0.3, -0.25) is 4.79 Å². The van der Waals surface area contributed by atoms with Crippen LogP contribution < -0.4 is 5.32 Å². The van der Waals surface area contributed by atoms with E-state index in [0.29, 0.717) is 23.8 Å². The number of hydrogen-bond donors (Lipinski definition) is 2. The van der Waals surface area contributed by atoms with Crippen LogP contribution in [0.2, 0.25) is 0 Å². The van der Waals surface area contributed by atoms with Gasteiger partial charge in [0.25, 0.3) is 0 Å². The Morgan fingerprint density at radius 1 is 1.30 bits per heavy atom. The minimum Gasteiger partial charge on any atom is -0.480 e. The highest BCUT2D eigenvalue weighted by Gasteiger charge is 2.33. The second-order valence-electron chi connectivity index (χ2n) is 5.60. The van der Waals surface area contributed by atoms with Crippen LogP contribution in [0, 0.1) is 6.92 Å². The summed E-state index contributed by atoms with van der Waals surface area (Å²) >= 11 is 0. The summed E-state index contributed by atoms with van der Waals surface area (Å²) in [7, 11) is 0. The zero-order valence-electron chi connectivity index (χ0n) is 13.4. The molecule has 1 unspecified atom stereocenters. The van der Waals surface area contributed by atoms with Crippen molar-refractivity contribution in [1.82, 2.24) is 10.3 Å². The summed E-state index contributed by atoms with van der Waals surface area (Å²) in [5, 5.41) is 11.8. The van der Waals surface area contributed by atoms with Gasteiger partial charge in [0.1, 0.15) is 11.3 Å². The number of nitrogens with zero attached hydrogens (tertiary/aromatic N) is 1. The second kappa shape index (κ2) is 6.64. The summed E-state index contributed by atoms with van der Waals surface area (Å²) in [6.07, 6.45) is 0.270. The quantitative estimate of drug-likeness (QED) is 0.854. The first-order chi connectivity index (χ1) is 10.9. The zero-order chi connectivity index (χ0) is 17.0. The van der Waals surface area contributed by atoms with E-state index in [2.05, 4.69) is 10.3 Å². The fraction of sp³-hybridized carbons (Fsp3) is 0.353. The first-order valence-electron chi connectivity index (χ1n) is 7.42. The third-order valence-electron chi connectivity index (χ3n) is 3.84. The Balaban J connectivity index is 2.13. The van der Waals surface area contributed by atoms with Gasteiger partial charge in [-0.05, 0) is 32.4 Å². The predicted octanol–water partition coefficient (Wildman–Crippen LogP) is 2.56. The lowest BCUT2D eigenvalue weighted by Gasteiger charge is -2.24. The molecule has 0 aliphatic carbocycles. The number of carboxylic acids is 1. The van der Waals surface area contributed by atoms with E-state index in [1.807, 2.05) is 30.3 Å². The molecule has 2 N–H and O–H groups in total. The summed E-state index contributed by atoms with van der Waals surface area (Å²) in [6, 6.07) is 9.38. The van der Waals surface area contributed by atoms with Crippen molar-refractivity contribution in [3.63, 3.8) is 0 Å². The van der Waals surface area contributed by atoms with Gasteiger partial charge in [-0.1, -0.05) is 25.1 Å². The first-order valence-corrected chi connectivity index (χ1v) is 7.42. The van der Waals surface area contributed by atoms with E-state index in [1.54, 1.807) is 13.8 Å². The smallest absolute Gasteiger partial charge is 0.329 e. The van der Waals surface area contributed by atoms with Gasteiger partial charge < -0.3 is 14.8 Å². The minimum atomic E-state index is -1.28. The number of aliphatic carboxylic acids is 1. The van der Waals surface area contributed by atoms with Crippen LogP contribution in [0.15, 0.2) is 34.7 Å². The Morgan fingerprint density at radius 3 is 2.52 bits per heavy atom. The maximum Gasteiger partial charge on any atom is 0.329 e. The van der Waals surface area contributed by atoms with Crippen molar-refractivity contribution in [3.8, 4) is 11.5 Å². The number of carbonyl (C=O) groups is 2. The molecule has 1 aromatic carbocycles. The number of oxazole rings is 1. The molecule has 2 aromatic rings. The molecule has 0 radical (unpaired) electrons. The molecule has 1 aromatic heterocycles. The highest BCUT2D eigenvalue weighted by atomic mass is 16.4. The maximum absolute atomic E-state index is 12.1. The molecule has 0 saturated heterocycles. The molecular weight excluding hydrogens is 296 g/mol. The van der Waals surface area contributed by atoms with Crippen LogP contribution in [0.4, 0.5) is 0 Å². The van der Waals surface area contributed by atoms with E-state index >= 15 is 0 Å². The molecule has 122 valence electrons. The van der Waals surface area contributed by atoms with E-state index in [9.17, 15) is 14.7 Å². The van der Waals surface area contributed by atoms with Crippen molar-refractivity contribution in [1.29, 1.82) is 0 Å². The van der Waals surface area contributed by atoms with Gasteiger partial charge in [0.15, 0.2) is 0 Å². The van der Waals surface area contributed by atoms with Crippen molar-refractivity contribution < 1.29 is 19.1 Å². The summed E-state index contributed by atoms with van der Waals surface area (Å²) in [5.74, 6) is -0.460. The number of aryl methyl sites for hydroxylation is 1. The van der Waals surface area contributed by atoms with Gasteiger partial charge >= 0.3 is 5.97 Å². The largest absolute Gasteiger partial charge is 0.480 e. The SMILES string of the molecule is CCC(C)(NC(=O)Cc1nc(-c2ccccc2)oc1C)C(=O)O.